The first-order valence-electron chi connectivity index (χ1n) is 9.19. The number of nitrogens with two attached hydrogens (primary N) is 1. The minimum Gasteiger partial charge on any atom is -0.377 e. The van der Waals surface area contributed by atoms with Gasteiger partial charge in [-0.3, -0.25) is 14.8 Å². The number of aromatic amines is 1. The molecule has 1 aliphatic rings. The van der Waals surface area contributed by atoms with Crippen molar-refractivity contribution in [3.8, 4) is 0 Å². The molecule has 1 aromatic heterocycles. The SMILES string of the molecule is Cc1cc(C(C)Nc2ccc(F)c(C3(C)N=C(N)N(C)C(=O)C3(C)C)c2)[nH]n1. The molecule has 2 aromatic rings. The Morgan fingerprint density at radius 1 is 1.29 bits per heavy atom. The Kier molecular flexibility index (Phi) is 4.69. The van der Waals surface area contributed by atoms with Crippen LogP contribution >= 0.6 is 0 Å². The number of carbonyl (C=O) groups is 1. The van der Waals surface area contributed by atoms with Gasteiger partial charge >= 0.3 is 0 Å². The zero-order valence-electron chi connectivity index (χ0n) is 17.1. The second-order valence-corrected chi connectivity index (χ2v) is 8.06. The molecule has 1 aromatic carbocycles. The predicted molar refractivity (Wildman–Crippen MR) is 107 cm³/mol. The van der Waals surface area contributed by atoms with Gasteiger partial charge in [0.05, 0.1) is 22.8 Å². The number of benzene rings is 1. The summed E-state index contributed by atoms with van der Waals surface area (Å²) in [5.41, 5.74) is 6.69. The number of hydrogen-bond acceptors (Lipinski definition) is 5. The number of anilines is 1. The molecular weight excluding hydrogens is 359 g/mol. The van der Waals surface area contributed by atoms with Gasteiger partial charge in [-0.1, -0.05) is 0 Å². The monoisotopic (exact) mass is 386 g/mol. The molecule has 1 aliphatic heterocycles. The zero-order valence-corrected chi connectivity index (χ0v) is 17.1. The second kappa shape index (κ2) is 6.61. The van der Waals surface area contributed by atoms with E-state index >= 15 is 0 Å². The van der Waals surface area contributed by atoms with E-state index in [-0.39, 0.29) is 17.9 Å². The lowest BCUT2D eigenvalue weighted by Crippen LogP contribution is -2.58. The summed E-state index contributed by atoms with van der Waals surface area (Å²) in [5, 5.41) is 10.5. The summed E-state index contributed by atoms with van der Waals surface area (Å²) in [6, 6.07) is 6.64. The van der Waals surface area contributed by atoms with Crippen molar-refractivity contribution >= 4 is 17.6 Å². The van der Waals surface area contributed by atoms with Gasteiger partial charge in [0.1, 0.15) is 11.4 Å². The lowest BCUT2D eigenvalue weighted by Gasteiger charge is -2.46. The third-order valence-electron chi connectivity index (χ3n) is 5.80. The number of aromatic nitrogens is 2. The molecule has 2 unspecified atom stereocenters. The van der Waals surface area contributed by atoms with Gasteiger partial charge in [0.2, 0.25) is 5.91 Å². The molecule has 0 fully saturated rings. The summed E-state index contributed by atoms with van der Waals surface area (Å²) in [4.78, 5) is 18.7. The smallest absolute Gasteiger partial charge is 0.237 e. The van der Waals surface area contributed by atoms with Crippen LogP contribution in [0.25, 0.3) is 0 Å². The van der Waals surface area contributed by atoms with Crippen LogP contribution in [0.5, 0.6) is 0 Å². The number of rotatable bonds is 4. The molecule has 7 nitrogen and oxygen atoms in total. The highest BCUT2D eigenvalue weighted by Crippen LogP contribution is 2.47. The number of aliphatic imine (C=N–C) groups is 1. The van der Waals surface area contributed by atoms with Crippen molar-refractivity contribution in [2.45, 2.75) is 46.2 Å². The van der Waals surface area contributed by atoms with E-state index in [0.29, 0.717) is 11.3 Å². The molecular formula is C20H27FN6O. The van der Waals surface area contributed by atoms with Crippen molar-refractivity contribution in [1.29, 1.82) is 0 Å². The van der Waals surface area contributed by atoms with E-state index in [1.807, 2.05) is 19.9 Å². The molecule has 0 saturated carbocycles. The Hall–Kier alpha value is -2.90. The topological polar surface area (TPSA) is 99.4 Å². The van der Waals surface area contributed by atoms with E-state index in [0.717, 1.165) is 11.4 Å². The van der Waals surface area contributed by atoms with E-state index in [4.69, 9.17) is 5.73 Å². The summed E-state index contributed by atoms with van der Waals surface area (Å²) >= 11 is 0. The minimum absolute atomic E-state index is 0.0620. The normalized spacial score (nSPS) is 22.8. The van der Waals surface area contributed by atoms with Crippen molar-refractivity contribution in [3.05, 3.63) is 47.0 Å². The molecule has 150 valence electrons. The maximum absolute atomic E-state index is 14.9. The fraction of sp³-hybridized carbons (Fsp3) is 0.450. The predicted octanol–water partition coefficient (Wildman–Crippen LogP) is 3.06. The fourth-order valence-corrected chi connectivity index (χ4v) is 3.55. The number of H-pyrrole nitrogens is 1. The van der Waals surface area contributed by atoms with Crippen LogP contribution in [0.2, 0.25) is 0 Å². The molecule has 0 saturated heterocycles. The first-order chi connectivity index (χ1) is 13.0. The molecule has 0 spiro atoms. The maximum Gasteiger partial charge on any atom is 0.237 e. The summed E-state index contributed by atoms with van der Waals surface area (Å²) in [5.74, 6) is -0.562. The van der Waals surface area contributed by atoms with E-state index in [1.165, 1.54) is 11.0 Å². The molecule has 4 N–H and O–H groups in total. The Morgan fingerprint density at radius 3 is 2.57 bits per heavy atom. The lowest BCUT2D eigenvalue weighted by atomic mass is 9.67. The molecule has 0 aliphatic carbocycles. The summed E-state index contributed by atoms with van der Waals surface area (Å²) < 4.78 is 14.9. The number of amides is 1. The van der Waals surface area contributed by atoms with Crippen molar-refractivity contribution < 1.29 is 9.18 Å². The number of aryl methyl sites for hydroxylation is 1. The first-order valence-corrected chi connectivity index (χ1v) is 9.19. The summed E-state index contributed by atoms with van der Waals surface area (Å²) in [6.45, 7) is 9.16. The standard InChI is InChI=1S/C20H27FN6O/c1-11-9-16(26-25-11)12(2)23-13-7-8-15(21)14(10-13)20(5)19(3,4)17(28)27(6)18(22)24-20/h7-10,12,23H,1-6H3,(H2,22,24)(H,25,26). The van der Waals surface area contributed by atoms with Gasteiger partial charge in [-0.25, -0.2) is 9.38 Å². The van der Waals surface area contributed by atoms with Gasteiger partial charge in [0.25, 0.3) is 0 Å². The van der Waals surface area contributed by atoms with Crippen molar-refractivity contribution in [2.24, 2.45) is 16.1 Å². The van der Waals surface area contributed by atoms with Gasteiger partial charge in [0, 0.05) is 18.3 Å². The van der Waals surface area contributed by atoms with Crippen molar-refractivity contribution in [3.63, 3.8) is 0 Å². The molecule has 0 bridgehead atoms. The van der Waals surface area contributed by atoms with Crippen LogP contribution in [-0.4, -0.2) is 34.0 Å². The number of guanidine groups is 1. The minimum atomic E-state index is -1.14. The van der Waals surface area contributed by atoms with Crippen LogP contribution in [0.4, 0.5) is 10.1 Å². The molecule has 2 heterocycles. The zero-order chi connectivity index (χ0) is 20.9. The Morgan fingerprint density at radius 2 is 1.96 bits per heavy atom. The van der Waals surface area contributed by atoms with E-state index in [9.17, 15) is 9.18 Å². The molecule has 0 radical (unpaired) electrons. The molecule has 8 heteroatoms. The first kappa shape index (κ1) is 19.9. The van der Waals surface area contributed by atoms with Gasteiger partial charge in [0.15, 0.2) is 5.96 Å². The maximum atomic E-state index is 14.9. The van der Waals surface area contributed by atoms with Crippen LogP contribution < -0.4 is 11.1 Å². The average molecular weight is 386 g/mol. The van der Waals surface area contributed by atoms with Crippen LogP contribution in [0.1, 0.15) is 50.7 Å². The summed E-state index contributed by atoms with van der Waals surface area (Å²) in [7, 11) is 1.57. The third-order valence-corrected chi connectivity index (χ3v) is 5.80. The van der Waals surface area contributed by atoms with Crippen LogP contribution in [0.3, 0.4) is 0 Å². The highest BCUT2D eigenvalue weighted by molar-refractivity contribution is 6.01. The van der Waals surface area contributed by atoms with Crippen molar-refractivity contribution in [1.82, 2.24) is 15.1 Å². The molecule has 2 atom stereocenters. The Labute approximate surface area is 164 Å². The highest BCUT2D eigenvalue weighted by atomic mass is 19.1. The fourth-order valence-electron chi connectivity index (χ4n) is 3.55. The highest BCUT2D eigenvalue weighted by Gasteiger charge is 2.53. The van der Waals surface area contributed by atoms with Crippen LogP contribution in [0.15, 0.2) is 29.3 Å². The number of nitrogens with zero attached hydrogens (tertiary/aromatic N) is 3. The van der Waals surface area contributed by atoms with Gasteiger partial charge < -0.3 is 11.1 Å². The van der Waals surface area contributed by atoms with Crippen LogP contribution in [-0.2, 0) is 10.3 Å². The Balaban J connectivity index is 2.02. The average Bonchev–Trinajstić information content (AvgIpc) is 3.07. The number of carbonyl (C=O) groups excluding carboxylic acids is 1. The molecule has 28 heavy (non-hydrogen) atoms. The number of halogens is 1. The van der Waals surface area contributed by atoms with E-state index in [1.54, 1.807) is 40.0 Å². The van der Waals surface area contributed by atoms with Gasteiger partial charge in [-0.2, -0.15) is 5.10 Å². The number of nitrogens with one attached hydrogen (secondary N) is 2. The van der Waals surface area contributed by atoms with Gasteiger partial charge in [-0.05, 0) is 58.9 Å². The van der Waals surface area contributed by atoms with E-state index < -0.39 is 16.8 Å². The van der Waals surface area contributed by atoms with Crippen molar-refractivity contribution in [2.75, 3.05) is 12.4 Å². The number of hydrogen-bond donors (Lipinski definition) is 3. The lowest BCUT2D eigenvalue weighted by molar-refractivity contribution is -0.140. The molecule has 1 amide bonds. The largest absolute Gasteiger partial charge is 0.377 e. The quantitative estimate of drug-likeness (QED) is 0.752. The van der Waals surface area contributed by atoms with Crippen LogP contribution in [0, 0.1) is 18.2 Å². The summed E-state index contributed by atoms with van der Waals surface area (Å²) in [6.07, 6.45) is 0. The second-order valence-electron chi connectivity index (χ2n) is 8.06. The molecule has 3 rings (SSSR count). The third kappa shape index (κ3) is 3.02. The van der Waals surface area contributed by atoms with E-state index in [2.05, 4.69) is 20.5 Å². The van der Waals surface area contributed by atoms with Gasteiger partial charge in [-0.15, -0.1) is 0 Å². The Bertz CT molecular complexity index is 950.